The third kappa shape index (κ3) is 6.62. The first-order chi connectivity index (χ1) is 11.6. The van der Waals surface area contributed by atoms with Crippen molar-refractivity contribution < 1.29 is 14.0 Å². The molecule has 0 saturated carbocycles. The average Bonchev–Trinajstić information content (AvgIpc) is 2.61. The number of hydrogen-bond acceptors (Lipinski definition) is 3. The van der Waals surface area contributed by atoms with Crippen molar-refractivity contribution in [1.82, 2.24) is 0 Å². The number of rotatable bonds is 14. The van der Waals surface area contributed by atoms with E-state index in [2.05, 4.69) is 55.0 Å². The van der Waals surface area contributed by atoms with Crippen LogP contribution in [-0.2, 0) is 8.85 Å². The van der Waals surface area contributed by atoms with Gasteiger partial charge >= 0.3 is 0 Å². The van der Waals surface area contributed by atoms with Crippen molar-refractivity contribution in [1.29, 1.82) is 0 Å². The fourth-order valence-corrected chi connectivity index (χ4v) is 9.76. The minimum absolute atomic E-state index is 0.0991. The van der Waals surface area contributed by atoms with Crippen LogP contribution < -0.4 is 0 Å². The second-order valence-electron chi connectivity index (χ2n) is 7.70. The van der Waals surface area contributed by atoms with Gasteiger partial charge in [-0.05, 0) is 56.5 Å². The zero-order valence-electron chi connectivity index (χ0n) is 18.2. The summed E-state index contributed by atoms with van der Waals surface area (Å²) in [4.78, 5) is 0. The molecule has 0 saturated heterocycles. The Morgan fingerprint density at radius 1 is 0.880 bits per heavy atom. The third-order valence-electron chi connectivity index (χ3n) is 6.28. The van der Waals surface area contributed by atoms with Crippen LogP contribution in [0.3, 0.4) is 0 Å². The zero-order valence-corrected chi connectivity index (χ0v) is 20.2. The molecular weight excluding hydrogens is 344 g/mol. The molecule has 3 atom stereocenters. The first kappa shape index (κ1) is 25.1. The van der Waals surface area contributed by atoms with E-state index in [1.54, 1.807) is 6.08 Å². The first-order valence-electron chi connectivity index (χ1n) is 10.3. The number of aliphatic hydroxyl groups is 1. The van der Waals surface area contributed by atoms with Crippen molar-refractivity contribution in [2.24, 2.45) is 0 Å². The molecule has 0 amide bonds. The lowest BCUT2D eigenvalue weighted by Crippen LogP contribution is -2.56. The highest BCUT2D eigenvalue weighted by atomic mass is 28.4. The molecule has 1 N–H and O–H groups in total. The molecular formula is C20H44O3Si2. The van der Waals surface area contributed by atoms with Gasteiger partial charge in [0.05, 0.1) is 17.8 Å². The van der Waals surface area contributed by atoms with Crippen LogP contribution in [0.1, 0.15) is 61.8 Å². The molecule has 0 aliphatic carbocycles. The van der Waals surface area contributed by atoms with E-state index in [1.165, 1.54) is 0 Å². The normalized spacial score (nSPS) is 17.8. The topological polar surface area (TPSA) is 38.7 Å². The zero-order chi connectivity index (χ0) is 19.7. The highest BCUT2D eigenvalue weighted by Gasteiger charge is 2.44. The lowest BCUT2D eigenvalue weighted by molar-refractivity contribution is -0.0959. The molecule has 150 valence electrons. The van der Waals surface area contributed by atoms with E-state index >= 15 is 0 Å². The lowest BCUT2D eigenvalue weighted by atomic mass is 9.92. The standard InChI is InChI=1S/C20H44O3Si2/c1-10-17-20(9,21)19(23-25(14-5,15-6)16-7)18(8)22-24(11-2,12-3)13-4/h10,18-19,21H,1,11-17H2,2-9H3/t18-,19-,20-/m0/s1. The summed E-state index contributed by atoms with van der Waals surface area (Å²) in [5.41, 5.74) is -0.950. The molecule has 0 aromatic carbocycles. The van der Waals surface area contributed by atoms with Crippen LogP contribution in [0, 0.1) is 0 Å². The first-order valence-corrected chi connectivity index (χ1v) is 15.4. The number of hydrogen-bond donors (Lipinski definition) is 1. The maximum atomic E-state index is 11.2. The molecule has 3 nitrogen and oxygen atoms in total. The van der Waals surface area contributed by atoms with Crippen LogP contribution >= 0.6 is 0 Å². The molecule has 0 aliphatic heterocycles. The van der Waals surface area contributed by atoms with E-state index in [0.717, 1.165) is 36.3 Å². The Kier molecular flexibility index (Phi) is 11.0. The molecule has 0 fully saturated rings. The Bertz CT molecular complexity index is 361. The second-order valence-corrected chi connectivity index (χ2v) is 17.1. The van der Waals surface area contributed by atoms with Crippen LogP contribution in [0.2, 0.25) is 36.3 Å². The monoisotopic (exact) mass is 388 g/mol. The summed E-state index contributed by atoms with van der Waals surface area (Å²) in [6, 6.07) is 6.55. The SMILES string of the molecule is C=CC[C@](C)(O)[C@@H](O[Si](CC)(CC)CC)[C@H](C)O[Si](CC)(CC)CC. The predicted molar refractivity (Wildman–Crippen MR) is 115 cm³/mol. The smallest absolute Gasteiger partial charge is 0.192 e. The molecule has 0 unspecified atom stereocenters. The van der Waals surface area contributed by atoms with Crippen LogP contribution in [0.15, 0.2) is 12.7 Å². The molecule has 0 heterocycles. The van der Waals surface area contributed by atoms with Crippen molar-refractivity contribution in [3.63, 3.8) is 0 Å². The molecule has 0 radical (unpaired) electrons. The van der Waals surface area contributed by atoms with Gasteiger partial charge in [0.1, 0.15) is 0 Å². The van der Waals surface area contributed by atoms with Gasteiger partial charge in [-0.2, -0.15) is 0 Å². The van der Waals surface area contributed by atoms with Gasteiger partial charge in [0.2, 0.25) is 0 Å². The molecule has 0 aliphatic rings. The largest absolute Gasteiger partial charge is 0.412 e. The Labute approximate surface area is 159 Å². The average molecular weight is 389 g/mol. The van der Waals surface area contributed by atoms with E-state index in [1.807, 2.05) is 6.92 Å². The van der Waals surface area contributed by atoms with Gasteiger partial charge in [-0.25, -0.2) is 0 Å². The van der Waals surface area contributed by atoms with E-state index < -0.39 is 22.2 Å². The Morgan fingerprint density at radius 3 is 1.56 bits per heavy atom. The van der Waals surface area contributed by atoms with Gasteiger partial charge in [-0.1, -0.05) is 47.6 Å². The lowest BCUT2D eigenvalue weighted by Gasteiger charge is -2.45. The van der Waals surface area contributed by atoms with Crippen LogP contribution in [-0.4, -0.2) is 39.6 Å². The Morgan fingerprint density at radius 2 is 1.24 bits per heavy atom. The molecule has 5 heteroatoms. The molecule has 25 heavy (non-hydrogen) atoms. The van der Waals surface area contributed by atoms with Crippen LogP contribution in [0.5, 0.6) is 0 Å². The minimum atomic E-state index is -1.85. The highest BCUT2D eigenvalue weighted by Crippen LogP contribution is 2.34. The van der Waals surface area contributed by atoms with Gasteiger partial charge in [-0.15, -0.1) is 6.58 Å². The quantitative estimate of drug-likeness (QED) is 0.288. The molecule has 0 bridgehead atoms. The molecule has 0 spiro atoms. The van der Waals surface area contributed by atoms with E-state index in [-0.39, 0.29) is 12.2 Å². The molecule has 0 aromatic heterocycles. The van der Waals surface area contributed by atoms with Crippen molar-refractivity contribution in [3.8, 4) is 0 Å². The molecule has 0 rings (SSSR count). The summed E-state index contributed by atoms with van der Waals surface area (Å²) in [5.74, 6) is 0. The van der Waals surface area contributed by atoms with Gasteiger partial charge in [0, 0.05) is 0 Å². The summed E-state index contributed by atoms with van der Waals surface area (Å²) >= 11 is 0. The van der Waals surface area contributed by atoms with E-state index in [9.17, 15) is 5.11 Å². The van der Waals surface area contributed by atoms with Gasteiger partial charge in [0.15, 0.2) is 16.6 Å². The van der Waals surface area contributed by atoms with Crippen molar-refractivity contribution >= 4 is 16.6 Å². The van der Waals surface area contributed by atoms with E-state index in [0.29, 0.717) is 6.42 Å². The third-order valence-corrected chi connectivity index (χ3v) is 15.6. The van der Waals surface area contributed by atoms with Crippen LogP contribution in [0.25, 0.3) is 0 Å². The summed E-state index contributed by atoms with van der Waals surface area (Å²) in [7, 11) is -3.60. The minimum Gasteiger partial charge on any atom is -0.412 e. The highest BCUT2D eigenvalue weighted by molar-refractivity contribution is 6.74. The Hall–Kier alpha value is 0.0538. The van der Waals surface area contributed by atoms with Crippen LogP contribution in [0.4, 0.5) is 0 Å². The second kappa shape index (κ2) is 11.0. The van der Waals surface area contributed by atoms with Crippen molar-refractivity contribution in [2.75, 3.05) is 0 Å². The van der Waals surface area contributed by atoms with Gasteiger partial charge in [0.25, 0.3) is 0 Å². The maximum Gasteiger partial charge on any atom is 0.192 e. The Balaban J connectivity index is 5.69. The van der Waals surface area contributed by atoms with Gasteiger partial charge in [-0.3, -0.25) is 0 Å². The summed E-state index contributed by atoms with van der Waals surface area (Å²) in [5, 5.41) is 11.2. The summed E-state index contributed by atoms with van der Waals surface area (Å²) < 4.78 is 13.5. The summed E-state index contributed by atoms with van der Waals surface area (Å²) in [6.07, 6.45) is 1.91. The fraction of sp³-hybridized carbons (Fsp3) is 0.900. The maximum absolute atomic E-state index is 11.2. The summed E-state index contributed by atoms with van der Waals surface area (Å²) in [6.45, 7) is 21.2. The van der Waals surface area contributed by atoms with Gasteiger partial charge < -0.3 is 14.0 Å². The van der Waals surface area contributed by atoms with Crippen molar-refractivity contribution in [2.45, 2.75) is 116 Å². The fourth-order valence-electron chi connectivity index (χ4n) is 3.86. The predicted octanol–water partition coefficient (Wildman–Crippen LogP) is 6.11. The van der Waals surface area contributed by atoms with Crippen molar-refractivity contribution in [3.05, 3.63) is 12.7 Å². The molecule has 0 aromatic rings. The van der Waals surface area contributed by atoms with E-state index in [4.69, 9.17) is 8.85 Å².